The molecule has 0 spiro atoms. The van der Waals surface area contributed by atoms with E-state index in [2.05, 4.69) is 20.9 Å². The molecule has 0 aliphatic heterocycles. The van der Waals surface area contributed by atoms with E-state index in [1.165, 1.54) is 13.1 Å². The summed E-state index contributed by atoms with van der Waals surface area (Å²) in [4.78, 5) is 13.9. The Morgan fingerprint density at radius 1 is 1.73 bits per heavy atom. The van der Waals surface area contributed by atoms with Crippen LogP contribution in [0.5, 0.6) is 0 Å². The molecule has 0 bridgehead atoms. The average Bonchev–Trinajstić information content (AvgIpc) is 2.01. The molecule has 58 valence electrons. The number of pyridine rings is 1. The van der Waals surface area contributed by atoms with Crippen LogP contribution < -0.4 is 0 Å². The highest BCUT2D eigenvalue weighted by Gasteiger charge is 2.07. The molecule has 1 aromatic heterocycles. The number of hydrogen-bond donors (Lipinski definition) is 0. The van der Waals surface area contributed by atoms with E-state index in [1.54, 1.807) is 0 Å². The molecule has 0 unspecified atom stereocenters. The van der Waals surface area contributed by atoms with Gasteiger partial charge < -0.3 is 0 Å². The Morgan fingerprint density at radius 2 is 2.36 bits per heavy atom. The second kappa shape index (κ2) is 3.09. The van der Waals surface area contributed by atoms with E-state index in [4.69, 9.17) is 0 Å². The summed E-state index contributed by atoms with van der Waals surface area (Å²) in [5, 5.41) is 0. The highest BCUT2D eigenvalue weighted by atomic mass is 79.9. The second-order valence-electron chi connectivity index (χ2n) is 2.05. The molecule has 4 heteroatoms. The van der Waals surface area contributed by atoms with Gasteiger partial charge in [0.15, 0.2) is 6.29 Å². The van der Waals surface area contributed by atoms with Crippen molar-refractivity contribution in [3.05, 3.63) is 27.7 Å². The van der Waals surface area contributed by atoms with Gasteiger partial charge in [-0.2, -0.15) is 0 Å². The maximum absolute atomic E-state index is 12.9. The topological polar surface area (TPSA) is 30.0 Å². The van der Waals surface area contributed by atoms with Gasteiger partial charge in [-0.1, -0.05) is 0 Å². The lowest BCUT2D eigenvalue weighted by Crippen LogP contribution is -1.95. The molecule has 0 N–H and O–H groups in total. The maximum Gasteiger partial charge on any atom is 0.168 e. The smallest absolute Gasteiger partial charge is 0.168 e. The highest BCUT2D eigenvalue weighted by molar-refractivity contribution is 9.10. The number of carbonyl (C=O) groups excluding carboxylic acids is 1. The highest BCUT2D eigenvalue weighted by Crippen LogP contribution is 2.18. The largest absolute Gasteiger partial charge is 0.296 e. The van der Waals surface area contributed by atoms with Crippen LogP contribution in [0.4, 0.5) is 4.39 Å². The first-order valence-corrected chi connectivity index (χ1v) is 3.72. The van der Waals surface area contributed by atoms with Crippen LogP contribution in [-0.4, -0.2) is 11.3 Å². The Hall–Kier alpha value is -0.770. The first kappa shape index (κ1) is 8.33. The number of aromatic nitrogens is 1. The first-order valence-electron chi connectivity index (χ1n) is 2.92. The summed E-state index contributed by atoms with van der Waals surface area (Å²) in [6.07, 6.45) is 1.80. The number of halogens is 2. The molecule has 1 aromatic rings. The van der Waals surface area contributed by atoms with Crippen molar-refractivity contribution in [2.75, 3.05) is 0 Å². The molecule has 0 saturated heterocycles. The Balaban J connectivity index is 3.36. The van der Waals surface area contributed by atoms with Gasteiger partial charge in [-0.3, -0.25) is 9.78 Å². The molecule has 1 heterocycles. The van der Waals surface area contributed by atoms with E-state index in [9.17, 15) is 9.18 Å². The normalized spacial score (nSPS) is 9.73. The fourth-order valence-electron chi connectivity index (χ4n) is 0.690. The van der Waals surface area contributed by atoms with Gasteiger partial charge in [-0.05, 0) is 22.9 Å². The van der Waals surface area contributed by atoms with Gasteiger partial charge in [0, 0.05) is 11.8 Å². The Bertz CT molecular complexity index is 301. The SMILES string of the molecule is Cc1c(C=O)ncc(Br)c1F. The molecule has 0 aromatic carbocycles. The molecule has 11 heavy (non-hydrogen) atoms. The quantitative estimate of drug-likeness (QED) is 0.675. The molecular formula is C7H5BrFNO. The molecular weight excluding hydrogens is 213 g/mol. The standard InChI is InChI=1S/C7H5BrFNO/c1-4-6(3-11)10-2-5(8)7(4)9/h2-3H,1H3. The van der Waals surface area contributed by atoms with Crippen LogP contribution in [0.25, 0.3) is 0 Å². The van der Waals surface area contributed by atoms with Crippen molar-refractivity contribution in [3.8, 4) is 0 Å². The van der Waals surface area contributed by atoms with Gasteiger partial charge in [-0.25, -0.2) is 4.39 Å². The van der Waals surface area contributed by atoms with E-state index in [1.807, 2.05) is 0 Å². The van der Waals surface area contributed by atoms with E-state index in [-0.39, 0.29) is 15.7 Å². The first-order chi connectivity index (χ1) is 5.16. The van der Waals surface area contributed by atoms with Gasteiger partial charge in [0.2, 0.25) is 0 Å². The van der Waals surface area contributed by atoms with E-state index < -0.39 is 5.82 Å². The second-order valence-corrected chi connectivity index (χ2v) is 2.90. The van der Waals surface area contributed by atoms with Crippen LogP contribution in [-0.2, 0) is 0 Å². The average molecular weight is 218 g/mol. The summed E-state index contributed by atoms with van der Waals surface area (Å²) in [6, 6.07) is 0. The monoisotopic (exact) mass is 217 g/mol. The van der Waals surface area contributed by atoms with Gasteiger partial charge in [0.1, 0.15) is 11.5 Å². The molecule has 0 atom stereocenters. The fourth-order valence-corrected chi connectivity index (χ4v) is 1.09. The van der Waals surface area contributed by atoms with Gasteiger partial charge in [0.25, 0.3) is 0 Å². The summed E-state index contributed by atoms with van der Waals surface area (Å²) in [6.45, 7) is 1.51. The minimum Gasteiger partial charge on any atom is -0.296 e. The summed E-state index contributed by atoms with van der Waals surface area (Å²) in [5.74, 6) is -0.429. The molecule has 0 radical (unpaired) electrons. The number of rotatable bonds is 1. The minimum absolute atomic E-state index is 0.144. The third-order valence-electron chi connectivity index (χ3n) is 1.35. The van der Waals surface area contributed by atoms with Crippen molar-refractivity contribution in [2.45, 2.75) is 6.92 Å². The van der Waals surface area contributed by atoms with Gasteiger partial charge >= 0.3 is 0 Å². The molecule has 0 aliphatic carbocycles. The number of hydrogen-bond acceptors (Lipinski definition) is 2. The lowest BCUT2D eigenvalue weighted by Gasteiger charge is -1.99. The molecule has 1 rings (SSSR count). The summed E-state index contributed by atoms with van der Waals surface area (Å²) in [7, 11) is 0. The maximum atomic E-state index is 12.9. The van der Waals surface area contributed by atoms with Crippen molar-refractivity contribution in [2.24, 2.45) is 0 Å². The Labute approximate surface area is 71.6 Å². The van der Waals surface area contributed by atoms with Gasteiger partial charge in [0.05, 0.1) is 4.47 Å². The fraction of sp³-hybridized carbons (Fsp3) is 0.143. The Morgan fingerprint density at radius 3 is 2.91 bits per heavy atom. The molecule has 2 nitrogen and oxygen atoms in total. The third-order valence-corrected chi connectivity index (χ3v) is 1.90. The third kappa shape index (κ3) is 1.45. The molecule has 0 saturated carbocycles. The van der Waals surface area contributed by atoms with Gasteiger partial charge in [-0.15, -0.1) is 0 Å². The van der Waals surface area contributed by atoms with Crippen LogP contribution >= 0.6 is 15.9 Å². The van der Waals surface area contributed by atoms with Crippen LogP contribution in [0.15, 0.2) is 10.7 Å². The van der Waals surface area contributed by atoms with E-state index >= 15 is 0 Å². The zero-order chi connectivity index (χ0) is 8.43. The molecule has 0 amide bonds. The van der Waals surface area contributed by atoms with Crippen LogP contribution in [0, 0.1) is 12.7 Å². The van der Waals surface area contributed by atoms with E-state index in [0.29, 0.717) is 6.29 Å². The Kier molecular flexibility index (Phi) is 2.34. The summed E-state index contributed by atoms with van der Waals surface area (Å²) < 4.78 is 13.2. The van der Waals surface area contributed by atoms with Crippen LogP contribution in [0.1, 0.15) is 16.1 Å². The lowest BCUT2D eigenvalue weighted by molar-refractivity contribution is 0.111. The van der Waals surface area contributed by atoms with Crippen molar-refractivity contribution < 1.29 is 9.18 Å². The lowest BCUT2D eigenvalue weighted by atomic mass is 10.2. The van der Waals surface area contributed by atoms with Crippen molar-refractivity contribution in [1.29, 1.82) is 0 Å². The number of carbonyl (C=O) groups is 1. The van der Waals surface area contributed by atoms with Crippen LogP contribution in [0.2, 0.25) is 0 Å². The van der Waals surface area contributed by atoms with Crippen molar-refractivity contribution >= 4 is 22.2 Å². The van der Waals surface area contributed by atoms with Crippen molar-refractivity contribution in [1.82, 2.24) is 4.98 Å². The number of aldehydes is 1. The zero-order valence-electron chi connectivity index (χ0n) is 5.77. The summed E-state index contributed by atoms with van der Waals surface area (Å²) in [5.41, 5.74) is 0.417. The van der Waals surface area contributed by atoms with Crippen LogP contribution in [0.3, 0.4) is 0 Å². The molecule has 0 fully saturated rings. The van der Waals surface area contributed by atoms with Crippen molar-refractivity contribution in [3.63, 3.8) is 0 Å². The summed E-state index contributed by atoms with van der Waals surface area (Å²) >= 11 is 2.96. The minimum atomic E-state index is -0.429. The van der Waals surface area contributed by atoms with E-state index in [0.717, 1.165) is 0 Å². The number of nitrogens with zero attached hydrogens (tertiary/aromatic N) is 1. The molecule has 0 aliphatic rings. The predicted octanol–water partition coefficient (Wildman–Crippen LogP) is 2.10. The predicted molar refractivity (Wildman–Crippen MR) is 42.0 cm³/mol. The zero-order valence-corrected chi connectivity index (χ0v) is 7.35.